The molecule has 0 fully saturated rings. The number of fused-ring (bicyclic) bond motifs is 1. The third-order valence-corrected chi connectivity index (χ3v) is 5.41. The zero-order valence-corrected chi connectivity index (χ0v) is 17.8. The third kappa shape index (κ3) is 5.19. The number of aromatic nitrogens is 3. The highest BCUT2D eigenvalue weighted by molar-refractivity contribution is 5.87. The molecule has 172 valence electrons. The molecule has 0 atom stereocenters. The highest BCUT2D eigenvalue weighted by atomic mass is 19.4. The van der Waals surface area contributed by atoms with E-state index in [9.17, 15) is 18.0 Å². The lowest BCUT2D eigenvalue weighted by Gasteiger charge is -2.07. The molecule has 0 bridgehead atoms. The fourth-order valence-electron chi connectivity index (χ4n) is 3.72. The van der Waals surface area contributed by atoms with Gasteiger partial charge in [-0.2, -0.15) is 18.3 Å². The van der Waals surface area contributed by atoms with Crippen LogP contribution in [-0.2, 0) is 30.9 Å². The summed E-state index contributed by atoms with van der Waals surface area (Å²) in [5.74, 6) is -0.199. The van der Waals surface area contributed by atoms with E-state index in [4.69, 9.17) is 9.84 Å². The van der Waals surface area contributed by atoms with Crippen molar-refractivity contribution in [2.45, 2.75) is 25.4 Å². The van der Waals surface area contributed by atoms with Gasteiger partial charge in [0.05, 0.1) is 24.3 Å². The summed E-state index contributed by atoms with van der Waals surface area (Å²) >= 11 is 0. The van der Waals surface area contributed by atoms with Gasteiger partial charge in [-0.1, -0.05) is 12.1 Å². The molecule has 4 rings (SSSR count). The molecule has 0 radical (unpaired) electrons. The van der Waals surface area contributed by atoms with Crippen molar-refractivity contribution in [1.82, 2.24) is 14.8 Å². The quantitative estimate of drug-likeness (QED) is 0.355. The van der Waals surface area contributed by atoms with E-state index in [1.54, 1.807) is 17.9 Å². The van der Waals surface area contributed by atoms with Crippen LogP contribution < -0.4 is 4.74 Å². The molecule has 33 heavy (non-hydrogen) atoms. The summed E-state index contributed by atoms with van der Waals surface area (Å²) in [6, 6.07) is 12.3. The first-order valence-corrected chi connectivity index (χ1v) is 10.4. The molecule has 2 aromatic heterocycles. The molecule has 0 saturated carbocycles. The average Bonchev–Trinajstić information content (AvgIpc) is 3.33. The number of carbonyl (C=O) groups is 1. The number of aromatic amines is 1. The highest BCUT2D eigenvalue weighted by Crippen LogP contribution is 2.31. The predicted molar refractivity (Wildman–Crippen MR) is 117 cm³/mol. The lowest BCUT2D eigenvalue weighted by atomic mass is 10.1. The number of hydrogen-bond acceptors (Lipinski definition) is 3. The number of carboxylic acid groups (broad SMARTS) is 1. The van der Waals surface area contributed by atoms with Gasteiger partial charge in [0, 0.05) is 41.5 Å². The van der Waals surface area contributed by atoms with Crippen LogP contribution >= 0.6 is 0 Å². The van der Waals surface area contributed by atoms with Crippen molar-refractivity contribution in [3.8, 4) is 17.0 Å². The molecule has 0 spiro atoms. The molecule has 0 aliphatic carbocycles. The normalized spacial score (nSPS) is 11.8. The van der Waals surface area contributed by atoms with Crippen LogP contribution in [0.3, 0.4) is 0 Å². The van der Waals surface area contributed by atoms with Crippen LogP contribution in [0.1, 0.15) is 23.2 Å². The molecule has 2 N–H and O–H groups in total. The molecule has 0 amide bonds. The van der Waals surface area contributed by atoms with Gasteiger partial charge in [0.2, 0.25) is 0 Å². The number of H-pyrrole nitrogens is 1. The Balaban J connectivity index is 1.34. The Morgan fingerprint density at radius 2 is 1.91 bits per heavy atom. The maximum atomic E-state index is 12.8. The Labute approximate surface area is 187 Å². The number of alkyl halides is 3. The van der Waals surface area contributed by atoms with Crippen LogP contribution in [0.5, 0.6) is 5.75 Å². The van der Waals surface area contributed by atoms with E-state index < -0.39 is 17.7 Å². The van der Waals surface area contributed by atoms with Crippen molar-refractivity contribution >= 4 is 16.9 Å². The summed E-state index contributed by atoms with van der Waals surface area (Å²) < 4.78 is 45.8. The molecule has 0 aliphatic heterocycles. The van der Waals surface area contributed by atoms with E-state index >= 15 is 0 Å². The number of ether oxygens (including phenoxy) is 1. The minimum Gasteiger partial charge on any atom is -0.494 e. The smallest absolute Gasteiger partial charge is 0.416 e. The summed E-state index contributed by atoms with van der Waals surface area (Å²) in [4.78, 5) is 14.0. The van der Waals surface area contributed by atoms with Gasteiger partial charge in [-0.3, -0.25) is 9.48 Å². The molecule has 0 unspecified atom stereocenters. The number of hydrogen-bond donors (Lipinski definition) is 2. The summed E-state index contributed by atoms with van der Waals surface area (Å²) in [5, 5.41) is 14.2. The number of rotatable bonds is 8. The summed E-state index contributed by atoms with van der Waals surface area (Å²) in [6.07, 6.45) is -1.30. The van der Waals surface area contributed by atoms with Gasteiger partial charge in [0.1, 0.15) is 5.75 Å². The zero-order chi connectivity index (χ0) is 23.6. The van der Waals surface area contributed by atoms with Crippen LogP contribution in [0.15, 0.2) is 54.7 Å². The molecule has 0 saturated heterocycles. The summed E-state index contributed by atoms with van der Waals surface area (Å²) in [6.45, 7) is 0.467. The van der Waals surface area contributed by atoms with Crippen molar-refractivity contribution in [3.05, 3.63) is 71.5 Å². The topological polar surface area (TPSA) is 80.1 Å². The largest absolute Gasteiger partial charge is 0.494 e. The van der Waals surface area contributed by atoms with E-state index in [0.717, 1.165) is 40.7 Å². The number of aryl methyl sites for hydroxylation is 2. The Kier molecular flexibility index (Phi) is 6.13. The first-order valence-electron chi connectivity index (χ1n) is 10.4. The molecule has 6 nitrogen and oxygen atoms in total. The molecule has 9 heteroatoms. The van der Waals surface area contributed by atoms with Gasteiger partial charge in [-0.05, 0) is 48.7 Å². The van der Waals surface area contributed by atoms with E-state index in [1.165, 1.54) is 12.1 Å². The van der Waals surface area contributed by atoms with E-state index in [2.05, 4.69) is 10.1 Å². The fraction of sp³-hybridized carbons (Fsp3) is 0.250. The first-order chi connectivity index (χ1) is 15.7. The monoisotopic (exact) mass is 457 g/mol. The van der Waals surface area contributed by atoms with Crippen molar-refractivity contribution in [2.75, 3.05) is 6.61 Å². The molecule has 2 aromatic carbocycles. The van der Waals surface area contributed by atoms with Gasteiger partial charge in [0.15, 0.2) is 0 Å². The third-order valence-electron chi connectivity index (χ3n) is 5.41. The van der Waals surface area contributed by atoms with Crippen molar-refractivity contribution in [3.63, 3.8) is 0 Å². The number of aliphatic carboxylic acids is 1. The Morgan fingerprint density at radius 3 is 2.61 bits per heavy atom. The Morgan fingerprint density at radius 1 is 1.15 bits per heavy atom. The van der Waals surface area contributed by atoms with E-state index in [0.29, 0.717) is 30.0 Å². The number of carboxylic acids is 1. The lowest BCUT2D eigenvalue weighted by molar-refractivity contribution is -0.138. The van der Waals surface area contributed by atoms with E-state index in [1.807, 2.05) is 24.3 Å². The van der Waals surface area contributed by atoms with Crippen LogP contribution in [0, 0.1) is 0 Å². The van der Waals surface area contributed by atoms with Crippen molar-refractivity contribution in [1.29, 1.82) is 0 Å². The minimum atomic E-state index is -4.36. The van der Waals surface area contributed by atoms with Gasteiger partial charge in [-0.25, -0.2) is 0 Å². The van der Waals surface area contributed by atoms with Crippen molar-refractivity contribution in [2.24, 2.45) is 7.05 Å². The first kappa shape index (κ1) is 22.4. The second-order valence-corrected chi connectivity index (χ2v) is 7.76. The van der Waals surface area contributed by atoms with Gasteiger partial charge >= 0.3 is 12.1 Å². The van der Waals surface area contributed by atoms with E-state index in [-0.39, 0.29) is 6.42 Å². The van der Waals surface area contributed by atoms with Crippen LogP contribution in [-0.4, -0.2) is 32.4 Å². The molecule has 4 aromatic rings. The highest BCUT2D eigenvalue weighted by Gasteiger charge is 2.30. The second-order valence-electron chi connectivity index (χ2n) is 7.76. The number of nitrogens with zero attached hydrogens (tertiary/aromatic N) is 2. The maximum Gasteiger partial charge on any atom is 0.416 e. The lowest BCUT2D eigenvalue weighted by Crippen LogP contribution is -2.04. The molecule has 2 heterocycles. The molecular formula is C24H22F3N3O3. The average molecular weight is 457 g/mol. The second kappa shape index (κ2) is 9.01. The van der Waals surface area contributed by atoms with Gasteiger partial charge < -0.3 is 14.8 Å². The zero-order valence-electron chi connectivity index (χ0n) is 17.8. The standard InChI is InChI=1S/C24H22F3N3O3/c1-30-18(12-21(29-30)15-4-6-17(7-5-15)24(25,26)27)3-2-10-33-19-8-9-20-16(11-23(31)32)14-28-22(20)13-19/h4-9,12-14,28H,2-3,10-11H2,1H3,(H,31,32). The van der Waals surface area contributed by atoms with Crippen LogP contribution in [0.4, 0.5) is 13.2 Å². The molecule has 0 aliphatic rings. The molecular weight excluding hydrogens is 435 g/mol. The maximum absolute atomic E-state index is 12.8. The minimum absolute atomic E-state index is 0.0423. The van der Waals surface area contributed by atoms with Gasteiger partial charge in [0.25, 0.3) is 0 Å². The number of benzene rings is 2. The van der Waals surface area contributed by atoms with Crippen molar-refractivity contribution < 1.29 is 27.8 Å². The van der Waals surface area contributed by atoms with Crippen LogP contribution in [0.25, 0.3) is 22.2 Å². The SMILES string of the molecule is Cn1nc(-c2ccc(C(F)(F)F)cc2)cc1CCCOc1ccc2c(CC(=O)O)c[nH]c2c1. The Hall–Kier alpha value is -3.75. The number of nitrogens with one attached hydrogen (secondary N) is 1. The Bertz CT molecular complexity index is 1270. The summed E-state index contributed by atoms with van der Waals surface area (Å²) in [5.41, 5.74) is 3.06. The fourth-order valence-corrected chi connectivity index (χ4v) is 3.72. The number of halogens is 3. The predicted octanol–water partition coefficient (Wildman–Crippen LogP) is 5.23. The summed E-state index contributed by atoms with van der Waals surface area (Å²) in [7, 11) is 1.80. The van der Waals surface area contributed by atoms with Crippen LogP contribution in [0.2, 0.25) is 0 Å². The van der Waals surface area contributed by atoms with Gasteiger partial charge in [-0.15, -0.1) is 0 Å².